The summed E-state index contributed by atoms with van der Waals surface area (Å²) in [5.41, 5.74) is 4.77. The van der Waals surface area contributed by atoms with Crippen molar-refractivity contribution in [3.63, 3.8) is 0 Å². The Kier molecular flexibility index (Phi) is 17.3. The van der Waals surface area contributed by atoms with Crippen LogP contribution in [0.25, 0.3) is 11.1 Å². The molecule has 0 aliphatic carbocycles. The molecule has 2 aliphatic heterocycles. The molecule has 4 heterocycles. The van der Waals surface area contributed by atoms with E-state index in [2.05, 4.69) is 32.0 Å². The van der Waals surface area contributed by atoms with Crippen LogP contribution in [0.4, 0.5) is 4.79 Å². The van der Waals surface area contributed by atoms with Crippen LogP contribution >= 0.6 is 23.2 Å². The topological polar surface area (TPSA) is 166 Å². The lowest BCUT2D eigenvalue weighted by molar-refractivity contribution is -0.120. The highest BCUT2D eigenvalue weighted by Crippen LogP contribution is 2.29. The van der Waals surface area contributed by atoms with Gasteiger partial charge >= 0.3 is 6.09 Å². The van der Waals surface area contributed by atoms with Gasteiger partial charge in [0.1, 0.15) is 5.60 Å². The Morgan fingerprint density at radius 2 is 1.40 bits per heavy atom. The van der Waals surface area contributed by atoms with Crippen LogP contribution in [0.1, 0.15) is 77.4 Å². The minimum Gasteiger partial charge on any atom is -0.444 e. The molecule has 0 aromatic carbocycles. The lowest BCUT2D eigenvalue weighted by atomic mass is 10.0. The molecule has 2 aliphatic rings. The maximum atomic E-state index is 12.1. The van der Waals surface area contributed by atoms with E-state index >= 15 is 0 Å². The first kappa shape index (κ1) is 42.6. The van der Waals surface area contributed by atoms with E-state index in [4.69, 9.17) is 27.9 Å². The van der Waals surface area contributed by atoms with Crippen molar-refractivity contribution in [3.8, 4) is 0 Å². The number of ether oxygens (including phenoxy) is 1. The first-order chi connectivity index (χ1) is 23.1. The Morgan fingerprint density at radius 1 is 0.900 bits per heavy atom. The molecule has 0 unspecified atom stereocenters. The quantitative estimate of drug-likeness (QED) is 0.235. The third-order valence-electron chi connectivity index (χ3n) is 7.44. The first-order valence-corrected chi connectivity index (χ1v) is 17.1. The predicted octanol–water partition coefficient (Wildman–Crippen LogP) is 4.59. The van der Waals surface area contributed by atoms with Gasteiger partial charge < -0.3 is 35.8 Å². The van der Waals surface area contributed by atoms with Crippen molar-refractivity contribution in [1.29, 1.82) is 0 Å². The molecule has 0 saturated heterocycles. The second kappa shape index (κ2) is 20.3. The van der Waals surface area contributed by atoms with Gasteiger partial charge in [-0.15, -0.1) is 0 Å². The molecule has 276 valence electrons. The number of aliphatic hydroxyl groups excluding tert-OH is 2. The molecule has 2 atom stereocenters. The smallest absolute Gasteiger partial charge is 0.410 e. The van der Waals surface area contributed by atoms with Gasteiger partial charge in [-0.1, -0.05) is 42.8 Å². The summed E-state index contributed by atoms with van der Waals surface area (Å²) in [6, 6.07) is 3.62. The van der Waals surface area contributed by atoms with E-state index in [0.29, 0.717) is 48.1 Å². The number of aromatic nitrogens is 2. The number of carbonyl (C=O) groups excluding carboxylic acids is 3. The Labute approximate surface area is 305 Å². The summed E-state index contributed by atoms with van der Waals surface area (Å²) >= 11 is 12.7. The van der Waals surface area contributed by atoms with E-state index in [1.807, 2.05) is 32.9 Å². The largest absolute Gasteiger partial charge is 0.444 e. The van der Waals surface area contributed by atoms with Crippen molar-refractivity contribution in [2.24, 2.45) is 0 Å². The Hall–Kier alpha value is -3.55. The first-order valence-electron chi connectivity index (χ1n) is 16.3. The standard InChI is InChI=1S/C20H28ClN3O4.C15H20ClN3O2.CH4/c1-13(25)22-12-16(26)9-14-10-17(21)18(23-11-14)15-5-7-24(8-6-15)19(27)28-20(2,3)4;1-10(20)18-9-13(21)6-11-7-14(16)15(19-8-11)12-2-4-17-5-3-12;/h5,10-11,16,26H,6-9,12H2,1-4H3,(H,22,25);2,7-8,13,17,21H,3-6,9H2,1H3,(H,18,20);1H4/t16-;13-;/m11./s1. The van der Waals surface area contributed by atoms with Crippen LogP contribution in [0.5, 0.6) is 0 Å². The fourth-order valence-corrected chi connectivity index (χ4v) is 5.70. The van der Waals surface area contributed by atoms with E-state index in [0.717, 1.165) is 47.5 Å². The van der Waals surface area contributed by atoms with Gasteiger partial charge in [0, 0.05) is 71.8 Å². The number of halogens is 2. The summed E-state index contributed by atoms with van der Waals surface area (Å²) in [6.07, 6.45) is 8.08. The number of hydrogen-bond donors (Lipinski definition) is 5. The van der Waals surface area contributed by atoms with Crippen LogP contribution in [0, 0.1) is 0 Å². The summed E-state index contributed by atoms with van der Waals surface area (Å²) in [5.74, 6) is -0.339. The molecule has 2 aromatic rings. The lowest BCUT2D eigenvalue weighted by Gasteiger charge is -2.29. The van der Waals surface area contributed by atoms with Crippen LogP contribution in [0.15, 0.2) is 36.7 Å². The monoisotopic (exact) mass is 734 g/mol. The van der Waals surface area contributed by atoms with E-state index in [9.17, 15) is 24.6 Å². The van der Waals surface area contributed by atoms with Crippen molar-refractivity contribution in [1.82, 2.24) is 30.8 Å². The highest BCUT2D eigenvalue weighted by Gasteiger charge is 2.25. The fraction of sp³-hybridized carbons (Fsp3) is 0.528. The third kappa shape index (κ3) is 14.7. The molecular weight excluding hydrogens is 683 g/mol. The number of carbonyl (C=O) groups is 3. The molecule has 0 spiro atoms. The highest BCUT2D eigenvalue weighted by molar-refractivity contribution is 6.32. The van der Waals surface area contributed by atoms with Crippen LogP contribution in [0.2, 0.25) is 10.0 Å². The fourth-order valence-electron chi connectivity index (χ4n) is 5.08. The SMILES string of the molecule is C.CC(=O)NC[C@H](O)Cc1cnc(C2=CCN(C(=O)OC(C)(C)C)CC2)c(Cl)c1.CC(=O)NC[C@H](O)Cc1cnc(C2=CCNCC2)c(Cl)c1. The van der Waals surface area contributed by atoms with E-state index < -0.39 is 17.8 Å². The van der Waals surface area contributed by atoms with Gasteiger partial charge in [0.2, 0.25) is 11.8 Å². The van der Waals surface area contributed by atoms with Gasteiger partial charge in [-0.25, -0.2) is 4.79 Å². The summed E-state index contributed by atoms with van der Waals surface area (Å²) in [4.78, 5) is 44.4. The van der Waals surface area contributed by atoms with Gasteiger partial charge in [0.25, 0.3) is 0 Å². The maximum Gasteiger partial charge on any atom is 0.410 e. The Bertz CT molecular complexity index is 1530. The molecule has 14 heteroatoms. The maximum absolute atomic E-state index is 12.1. The third-order valence-corrected chi connectivity index (χ3v) is 8.02. The number of hydrogen-bond acceptors (Lipinski definition) is 9. The second-order valence-corrected chi connectivity index (χ2v) is 13.8. The number of pyridine rings is 2. The normalized spacial score (nSPS) is 15.6. The summed E-state index contributed by atoms with van der Waals surface area (Å²) < 4.78 is 5.40. The Balaban J connectivity index is 0.000000353. The van der Waals surface area contributed by atoms with Gasteiger partial charge in [-0.3, -0.25) is 19.6 Å². The molecule has 12 nitrogen and oxygen atoms in total. The molecule has 0 bridgehead atoms. The zero-order valence-corrected chi connectivity index (χ0v) is 30.3. The highest BCUT2D eigenvalue weighted by atomic mass is 35.5. The molecule has 3 amide bonds. The van der Waals surface area contributed by atoms with Crippen molar-refractivity contribution in [3.05, 3.63) is 69.2 Å². The number of amides is 3. The van der Waals surface area contributed by atoms with E-state index in [1.54, 1.807) is 23.4 Å². The molecule has 0 radical (unpaired) electrons. The average molecular weight is 736 g/mol. The number of nitrogens with zero attached hydrogens (tertiary/aromatic N) is 3. The van der Waals surface area contributed by atoms with Gasteiger partial charge in [0.15, 0.2) is 0 Å². The molecule has 2 aromatic heterocycles. The molecule has 50 heavy (non-hydrogen) atoms. The molecular formula is C36H52Cl2N6O6. The summed E-state index contributed by atoms with van der Waals surface area (Å²) in [6.45, 7) is 11.5. The van der Waals surface area contributed by atoms with Crippen molar-refractivity contribution < 1.29 is 29.3 Å². The van der Waals surface area contributed by atoms with Crippen molar-refractivity contribution >= 4 is 52.3 Å². The molecule has 0 saturated carbocycles. The Morgan fingerprint density at radius 3 is 1.78 bits per heavy atom. The minimum absolute atomic E-state index is 0. The summed E-state index contributed by atoms with van der Waals surface area (Å²) in [5, 5.41) is 29.3. The van der Waals surface area contributed by atoms with Crippen molar-refractivity contribution in [2.75, 3.05) is 39.3 Å². The van der Waals surface area contributed by atoms with Crippen molar-refractivity contribution in [2.45, 2.75) is 85.5 Å². The van der Waals surface area contributed by atoms with Crippen LogP contribution in [-0.2, 0) is 27.2 Å². The average Bonchev–Trinajstić information content (AvgIpc) is 3.03. The van der Waals surface area contributed by atoms with Gasteiger partial charge in [-0.05, 0) is 74.6 Å². The van der Waals surface area contributed by atoms with E-state index in [1.165, 1.54) is 13.8 Å². The number of aliphatic hydroxyl groups is 2. The zero-order valence-electron chi connectivity index (χ0n) is 28.8. The second-order valence-electron chi connectivity index (χ2n) is 13.0. The molecule has 4 rings (SSSR count). The zero-order chi connectivity index (χ0) is 36.1. The number of nitrogens with one attached hydrogen (secondary N) is 3. The predicted molar refractivity (Wildman–Crippen MR) is 198 cm³/mol. The number of rotatable bonds is 10. The van der Waals surface area contributed by atoms with Gasteiger partial charge in [-0.2, -0.15) is 0 Å². The summed E-state index contributed by atoms with van der Waals surface area (Å²) in [7, 11) is 0. The molecule has 5 N–H and O–H groups in total. The molecule has 0 fully saturated rings. The minimum atomic E-state index is -0.705. The van der Waals surface area contributed by atoms with Crippen LogP contribution in [-0.4, -0.2) is 100 Å². The van der Waals surface area contributed by atoms with E-state index in [-0.39, 0.29) is 38.4 Å². The van der Waals surface area contributed by atoms with Crippen LogP contribution < -0.4 is 16.0 Å². The van der Waals surface area contributed by atoms with Gasteiger partial charge in [0.05, 0.1) is 33.6 Å². The lowest BCUT2D eigenvalue weighted by Crippen LogP contribution is -2.39. The van der Waals surface area contributed by atoms with Crippen LogP contribution in [0.3, 0.4) is 0 Å².